The molecule has 0 bridgehead atoms. The molecule has 1 aliphatic heterocycles. The Hall–Kier alpha value is -2.34. The SMILES string of the molecule is C[C@@H]1CN(C(=O)OC(C)(C)C)C[C@H](C)N1C(=O)C1CCC(NS(=O)(=O)c2ccc(C(F)(F)F)cc2)CC1. The molecule has 2 aliphatic rings. The van der Waals surface area contributed by atoms with Crippen LogP contribution in [-0.4, -0.2) is 67.0 Å². The van der Waals surface area contributed by atoms with Gasteiger partial charge in [0.05, 0.1) is 10.5 Å². The number of alkyl halides is 3. The molecule has 1 aromatic rings. The molecule has 2 fully saturated rings. The molecule has 1 aliphatic carbocycles. The molecule has 208 valence electrons. The Kier molecular flexibility index (Phi) is 8.53. The number of piperazine rings is 1. The van der Waals surface area contributed by atoms with E-state index < -0.39 is 39.5 Å². The zero-order chi connectivity index (χ0) is 27.8. The molecular formula is C25H36F3N3O5S. The summed E-state index contributed by atoms with van der Waals surface area (Å²) in [5, 5.41) is 0. The van der Waals surface area contributed by atoms with Crippen LogP contribution in [0.4, 0.5) is 18.0 Å². The molecule has 8 nitrogen and oxygen atoms in total. The van der Waals surface area contributed by atoms with Crippen LogP contribution in [-0.2, 0) is 25.7 Å². The summed E-state index contributed by atoms with van der Waals surface area (Å²) in [5.41, 5.74) is -1.52. The molecule has 0 spiro atoms. The van der Waals surface area contributed by atoms with Crippen LogP contribution >= 0.6 is 0 Å². The molecule has 37 heavy (non-hydrogen) atoms. The molecule has 2 amide bonds. The number of carbonyl (C=O) groups is 2. The molecule has 12 heteroatoms. The Morgan fingerprint density at radius 2 is 1.46 bits per heavy atom. The van der Waals surface area contributed by atoms with E-state index in [2.05, 4.69) is 4.72 Å². The minimum Gasteiger partial charge on any atom is -0.444 e. The number of amides is 2. The summed E-state index contributed by atoms with van der Waals surface area (Å²) in [6, 6.07) is 2.58. The van der Waals surface area contributed by atoms with Crippen molar-refractivity contribution in [3.63, 3.8) is 0 Å². The van der Waals surface area contributed by atoms with Crippen molar-refractivity contribution >= 4 is 22.0 Å². The molecule has 2 atom stereocenters. The van der Waals surface area contributed by atoms with Gasteiger partial charge in [-0.05, 0) is 84.6 Å². The Labute approximate surface area is 216 Å². The predicted molar refractivity (Wildman–Crippen MR) is 131 cm³/mol. The summed E-state index contributed by atoms with van der Waals surface area (Å²) < 4.78 is 71.7. The number of hydrogen-bond acceptors (Lipinski definition) is 5. The van der Waals surface area contributed by atoms with Gasteiger partial charge in [0.1, 0.15) is 5.60 Å². The van der Waals surface area contributed by atoms with E-state index in [9.17, 15) is 31.2 Å². The maximum Gasteiger partial charge on any atom is 0.416 e. The number of hydrogen-bond donors (Lipinski definition) is 1. The number of ether oxygens (including phenoxy) is 1. The Morgan fingerprint density at radius 1 is 0.946 bits per heavy atom. The molecule has 1 N–H and O–H groups in total. The molecule has 0 radical (unpaired) electrons. The molecule has 1 saturated heterocycles. The first kappa shape index (κ1) is 29.2. The lowest BCUT2D eigenvalue weighted by Crippen LogP contribution is -2.61. The molecule has 1 aromatic carbocycles. The third-order valence-electron chi connectivity index (χ3n) is 6.72. The third kappa shape index (κ3) is 7.37. The van der Waals surface area contributed by atoms with Crippen molar-refractivity contribution in [3.05, 3.63) is 29.8 Å². The van der Waals surface area contributed by atoms with E-state index in [-0.39, 0.29) is 28.8 Å². The van der Waals surface area contributed by atoms with Crippen molar-refractivity contribution in [2.24, 2.45) is 5.92 Å². The summed E-state index contributed by atoms with van der Waals surface area (Å²) in [6.07, 6.45) is -3.08. The van der Waals surface area contributed by atoms with E-state index >= 15 is 0 Å². The summed E-state index contributed by atoms with van der Waals surface area (Å²) in [4.78, 5) is 29.1. The van der Waals surface area contributed by atoms with Crippen molar-refractivity contribution in [1.29, 1.82) is 0 Å². The lowest BCUT2D eigenvalue weighted by molar-refractivity contribution is -0.144. The number of rotatable bonds is 4. The highest BCUT2D eigenvalue weighted by Crippen LogP contribution is 2.32. The maximum atomic E-state index is 13.4. The highest BCUT2D eigenvalue weighted by atomic mass is 32.2. The summed E-state index contributed by atoms with van der Waals surface area (Å²) in [7, 11) is -3.99. The normalized spacial score (nSPS) is 25.6. The van der Waals surface area contributed by atoms with E-state index in [0.717, 1.165) is 24.3 Å². The Morgan fingerprint density at radius 3 is 1.92 bits per heavy atom. The second-order valence-electron chi connectivity index (χ2n) is 11.0. The molecule has 1 saturated carbocycles. The van der Waals surface area contributed by atoms with Crippen LogP contribution in [0.5, 0.6) is 0 Å². The molecular weight excluding hydrogens is 511 g/mol. The van der Waals surface area contributed by atoms with Crippen LogP contribution in [0.1, 0.15) is 65.9 Å². The van der Waals surface area contributed by atoms with Gasteiger partial charge in [-0.25, -0.2) is 17.9 Å². The number of nitrogens with zero attached hydrogens (tertiary/aromatic N) is 2. The van der Waals surface area contributed by atoms with Crippen molar-refractivity contribution in [3.8, 4) is 0 Å². The Balaban J connectivity index is 1.55. The predicted octanol–water partition coefficient (Wildman–Crippen LogP) is 4.40. The number of nitrogens with one attached hydrogen (secondary N) is 1. The van der Waals surface area contributed by atoms with Crippen LogP contribution in [0.3, 0.4) is 0 Å². The second-order valence-corrected chi connectivity index (χ2v) is 12.7. The summed E-state index contributed by atoms with van der Waals surface area (Å²) in [6.45, 7) is 9.94. The van der Waals surface area contributed by atoms with E-state index in [1.165, 1.54) is 0 Å². The van der Waals surface area contributed by atoms with Gasteiger partial charge in [-0.3, -0.25) is 4.79 Å². The van der Waals surface area contributed by atoms with Gasteiger partial charge in [0.15, 0.2) is 0 Å². The summed E-state index contributed by atoms with van der Waals surface area (Å²) >= 11 is 0. The average molecular weight is 548 g/mol. The van der Waals surface area contributed by atoms with E-state index in [4.69, 9.17) is 4.74 Å². The molecule has 3 rings (SSSR count). The zero-order valence-corrected chi connectivity index (χ0v) is 22.7. The lowest BCUT2D eigenvalue weighted by atomic mass is 9.85. The van der Waals surface area contributed by atoms with Gasteiger partial charge < -0.3 is 14.5 Å². The highest BCUT2D eigenvalue weighted by Gasteiger charge is 2.40. The topological polar surface area (TPSA) is 96.0 Å². The van der Waals surface area contributed by atoms with Crippen LogP contribution < -0.4 is 4.72 Å². The van der Waals surface area contributed by atoms with Gasteiger partial charge in [0.2, 0.25) is 15.9 Å². The quantitative estimate of drug-likeness (QED) is 0.603. The van der Waals surface area contributed by atoms with E-state index in [0.29, 0.717) is 38.8 Å². The average Bonchev–Trinajstić information content (AvgIpc) is 2.77. The summed E-state index contributed by atoms with van der Waals surface area (Å²) in [5.74, 6) is -0.266. The van der Waals surface area contributed by atoms with Crippen molar-refractivity contribution in [2.45, 2.75) is 95.1 Å². The van der Waals surface area contributed by atoms with Gasteiger partial charge in [0, 0.05) is 37.1 Å². The number of halogens is 3. The zero-order valence-electron chi connectivity index (χ0n) is 21.8. The van der Waals surface area contributed by atoms with E-state index in [1.54, 1.807) is 25.7 Å². The largest absolute Gasteiger partial charge is 0.444 e. The van der Waals surface area contributed by atoms with Gasteiger partial charge in [-0.1, -0.05) is 0 Å². The minimum absolute atomic E-state index is 0.00659. The van der Waals surface area contributed by atoms with Gasteiger partial charge >= 0.3 is 12.3 Å². The highest BCUT2D eigenvalue weighted by molar-refractivity contribution is 7.89. The lowest BCUT2D eigenvalue weighted by Gasteiger charge is -2.46. The molecule has 0 aromatic heterocycles. The fourth-order valence-corrected chi connectivity index (χ4v) is 6.32. The van der Waals surface area contributed by atoms with Crippen molar-refractivity contribution in [1.82, 2.24) is 14.5 Å². The molecule has 1 heterocycles. The van der Waals surface area contributed by atoms with Gasteiger partial charge in [-0.2, -0.15) is 13.2 Å². The van der Waals surface area contributed by atoms with Gasteiger partial charge in [0.25, 0.3) is 0 Å². The van der Waals surface area contributed by atoms with Crippen molar-refractivity contribution < 1.29 is 35.9 Å². The monoisotopic (exact) mass is 547 g/mol. The third-order valence-corrected chi connectivity index (χ3v) is 8.25. The Bertz CT molecular complexity index is 1070. The fraction of sp³-hybridized carbons (Fsp3) is 0.680. The second kappa shape index (κ2) is 10.8. The van der Waals surface area contributed by atoms with Gasteiger partial charge in [-0.15, -0.1) is 0 Å². The smallest absolute Gasteiger partial charge is 0.416 e. The first-order chi connectivity index (χ1) is 17.0. The van der Waals surface area contributed by atoms with E-state index in [1.807, 2.05) is 18.7 Å². The minimum atomic E-state index is -4.54. The standard InChI is InChI=1S/C25H36F3N3O5S/c1-16-14-30(23(33)36-24(3,4)5)15-17(2)31(16)22(32)18-6-10-20(11-7-18)29-37(34,35)21-12-8-19(9-13-21)25(26,27)28/h8-9,12-13,16-18,20,29H,6-7,10-11,14-15H2,1-5H3/t16-,17+,18?,20?. The van der Waals surface area contributed by atoms with Crippen LogP contribution in [0.25, 0.3) is 0 Å². The van der Waals surface area contributed by atoms with Crippen molar-refractivity contribution in [2.75, 3.05) is 13.1 Å². The number of sulfonamides is 1. The first-order valence-corrected chi connectivity index (χ1v) is 14.0. The maximum absolute atomic E-state index is 13.4. The first-order valence-electron chi connectivity index (χ1n) is 12.5. The molecule has 0 unspecified atom stereocenters. The van der Waals surface area contributed by atoms with Crippen LogP contribution in [0.2, 0.25) is 0 Å². The van der Waals surface area contributed by atoms with Crippen LogP contribution in [0.15, 0.2) is 29.2 Å². The van der Waals surface area contributed by atoms with Crippen LogP contribution in [0, 0.1) is 5.92 Å². The number of benzene rings is 1. The number of carbonyl (C=O) groups excluding carboxylic acids is 2. The fourth-order valence-electron chi connectivity index (χ4n) is 5.01.